The topological polar surface area (TPSA) is 87.2 Å². The van der Waals surface area contributed by atoms with E-state index in [0.717, 1.165) is 37.3 Å². The van der Waals surface area contributed by atoms with Crippen LogP contribution in [0.4, 0.5) is 17.5 Å². The summed E-state index contributed by atoms with van der Waals surface area (Å²) in [5.41, 5.74) is 3.53. The number of fused-ring (bicyclic) bond motifs is 1. The molecule has 2 heterocycles. The lowest BCUT2D eigenvalue weighted by Gasteiger charge is -2.30. The molecule has 1 aliphatic carbocycles. The van der Waals surface area contributed by atoms with Crippen LogP contribution in [-0.4, -0.2) is 36.7 Å². The first-order chi connectivity index (χ1) is 15.4. The average Bonchev–Trinajstić information content (AvgIpc) is 2.79. The Balaban J connectivity index is 1.40. The van der Waals surface area contributed by atoms with E-state index >= 15 is 0 Å². The van der Waals surface area contributed by atoms with E-state index in [0.29, 0.717) is 37.7 Å². The van der Waals surface area contributed by atoms with Crippen molar-refractivity contribution in [2.24, 2.45) is 5.92 Å². The number of nitrogens with one attached hydrogen (secondary N) is 2. The maximum absolute atomic E-state index is 12.6. The van der Waals surface area contributed by atoms with E-state index in [9.17, 15) is 8.42 Å². The van der Waals surface area contributed by atoms with Crippen molar-refractivity contribution in [3.8, 4) is 0 Å². The van der Waals surface area contributed by atoms with Gasteiger partial charge in [0.15, 0.2) is 0 Å². The molecule has 1 atom stereocenters. The second-order valence-corrected chi connectivity index (χ2v) is 11.0. The van der Waals surface area contributed by atoms with Gasteiger partial charge in [-0.15, -0.1) is 0 Å². The molecule has 1 aliphatic heterocycles. The highest BCUT2D eigenvalue weighted by Gasteiger charge is 2.27. The number of aryl methyl sites for hydroxylation is 1. The second-order valence-electron chi connectivity index (χ2n) is 8.99. The van der Waals surface area contributed by atoms with Crippen LogP contribution in [0.25, 0.3) is 0 Å². The van der Waals surface area contributed by atoms with E-state index in [1.807, 2.05) is 12.1 Å². The molecule has 4 rings (SSSR count). The lowest BCUT2D eigenvalue weighted by molar-refractivity contribution is 0.532. The normalized spacial score (nSPS) is 18.9. The number of sulfonamides is 1. The van der Waals surface area contributed by atoms with E-state index in [4.69, 9.17) is 4.98 Å². The number of para-hydroxylation sites is 1. The van der Waals surface area contributed by atoms with Gasteiger partial charge in [-0.05, 0) is 62.1 Å². The van der Waals surface area contributed by atoms with Crippen LogP contribution < -0.4 is 14.9 Å². The third-order valence-corrected chi connectivity index (χ3v) is 8.04. The SMILES string of the molecule is CC(C)CCNS(=O)(=O)C1CC=C(Nc2nccc(N3CCCc4ccccc43)n2)CC1. The smallest absolute Gasteiger partial charge is 0.228 e. The first kappa shape index (κ1) is 22.7. The number of allylic oxidation sites excluding steroid dienone is 2. The fraction of sp³-hybridized carbons (Fsp3) is 0.500. The minimum Gasteiger partial charge on any atom is -0.328 e. The molecule has 0 spiro atoms. The van der Waals surface area contributed by atoms with Crippen molar-refractivity contribution in [1.82, 2.24) is 14.7 Å². The highest BCUT2D eigenvalue weighted by molar-refractivity contribution is 7.90. The van der Waals surface area contributed by atoms with Crippen LogP contribution in [0.2, 0.25) is 0 Å². The molecule has 0 saturated heterocycles. The van der Waals surface area contributed by atoms with E-state index < -0.39 is 10.0 Å². The predicted molar refractivity (Wildman–Crippen MR) is 130 cm³/mol. The van der Waals surface area contributed by atoms with Crippen LogP contribution >= 0.6 is 0 Å². The molecule has 0 bridgehead atoms. The summed E-state index contributed by atoms with van der Waals surface area (Å²) < 4.78 is 27.9. The Morgan fingerprint density at radius 2 is 2.03 bits per heavy atom. The monoisotopic (exact) mass is 455 g/mol. The van der Waals surface area contributed by atoms with Crippen molar-refractivity contribution >= 4 is 27.5 Å². The number of rotatable bonds is 8. The Labute approximate surface area is 191 Å². The molecule has 8 heteroatoms. The molecule has 2 aliphatic rings. The zero-order valence-electron chi connectivity index (χ0n) is 18.9. The Morgan fingerprint density at radius 3 is 2.81 bits per heavy atom. The van der Waals surface area contributed by atoms with E-state index in [2.05, 4.69) is 58.0 Å². The number of hydrogen-bond donors (Lipinski definition) is 2. The lowest BCUT2D eigenvalue weighted by atomic mass is 10.0. The highest BCUT2D eigenvalue weighted by Crippen LogP contribution is 2.32. The van der Waals surface area contributed by atoms with Crippen LogP contribution in [0, 0.1) is 5.92 Å². The summed E-state index contributed by atoms with van der Waals surface area (Å²) in [4.78, 5) is 11.4. The van der Waals surface area contributed by atoms with E-state index in [-0.39, 0.29) is 5.25 Å². The van der Waals surface area contributed by atoms with Gasteiger partial charge in [-0.3, -0.25) is 0 Å². The molecule has 2 N–H and O–H groups in total. The Bertz CT molecular complexity index is 1070. The fourth-order valence-electron chi connectivity index (χ4n) is 4.29. The summed E-state index contributed by atoms with van der Waals surface area (Å²) in [7, 11) is -3.29. The number of benzene rings is 1. The van der Waals surface area contributed by atoms with Gasteiger partial charge in [0, 0.05) is 30.7 Å². The van der Waals surface area contributed by atoms with Gasteiger partial charge < -0.3 is 10.2 Å². The van der Waals surface area contributed by atoms with Gasteiger partial charge in [-0.25, -0.2) is 18.1 Å². The fourth-order valence-corrected chi connectivity index (χ4v) is 5.70. The Hall–Kier alpha value is -2.45. The second kappa shape index (κ2) is 10.0. The van der Waals surface area contributed by atoms with E-state index in [1.54, 1.807) is 6.20 Å². The number of nitrogens with zero attached hydrogens (tertiary/aromatic N) is 3. The zero-order valence-corrected chi connectivity index (χ0v) is 19.7. The standard InChI is InChI=1S/C24H33N5O2S/c1-18(2)13-16-26-32(30,31)21-11-9-20(10-12-21)27-24-25-15-14-23(28-24)29-17-5-7-19-6-3-4-8-22(19)29/h3-4,6,8-9,14-15,18,21,26H,5,7,10-13,16-17H2,1-2H3,(H,25,27,28). The summed E-state index contributed by atoms with van der Waals surface area (Å²) in [5.74, 6) is 1.91. The maximum Gasteiger partial charge on any atom is 0.228 e. The van der Waals surface area contributed by atoms with Crippen molar-refractivity contribution in [3.05, 3.63) is 53.9 Å². The molecule has 0 radical (unpaired) electrons. The molecular formula is C24H33N5O2S. The predicted octanol–water partition coefficient (Wildman–Crippen LogP) is 4.37. The molecule has 0 fully saturated rings. The molecule has 1 unspecified atom stereocenters. The van der Waals surface area contributed by atoms with Crippen molar-refractivity contribution in [3.63, 3.8) is 0 Å². The quantitative estimate of drug-likeness (QED) is 0.614. The number of aromatic nitrogens is 2. The van der Waals surface area contributed by atoms with Crippen molar-refractivity contribution in [2.75, 3.05) is 23.3 Å². The third kappa shape index (κ3) is 5.48. The average molecular weight is 456 g/mol. The highest BCUT2D eigenvalue weighted by atomic mass is 32.2. The molecular weight excluding hydrogens is 422 g/mol. The molecule has 1 aromatic heterocycles. The molecule has 0 amide bonds. The van der Waals surface area contributed by atoms with Gasteiger partial charge in [0.05, 0.1) is 5.25 Å². The van der Waals surface area contributed by atoms with Gasteiger partial charge in [0.2, 0.25) is 16.0 Å². The molecule has 32 heavy (non-hydrogen) atoms. The molecule has 172 valence electrons. The first-order valence-corrected chi connectivity index (χ1v) is 13.1. The zero-order chi connectivity index (χ0) is 22.6. The number of hydrogen-bond acceptors (Lipinski definition) is 6. The molecule has 0 saturated carbocycles. The van der Waals surface area contributed by atoms with E-state index in [1.165, 1.54) is 11.3 Å². The van der Waals surface area contributed by atoms with Gasteiger partial charge in [0.1, 0.15) is 5.82 Å². The van der Waals surface area contributed by atoms with Crippen molar-refractivity contribution in [1.29, 1.82) is 0 Å². The lowest BCUT2D eigenvalue weighted by Crippen LogP contribution is -2.36. The molecule has 2 aromatic rings. The molecule has 1 aromatic carbocycles. The summed E-state index contributed by atoms with van der Waals surface area (Å²) in [5, 5.41) is 2.93. The van der Waals surface area contributed by atoms with Crippen LogP contribution in [0.15, 0.2) is 48.3 Å². The van der Waals surface area contributed by atoms with Crippen molar-refractivity contribution < 1.29 is 8.42 Å². The Kier molecular flexibility index (Phi) is 7.10. The van der Waals surface area contributed by atoms with Gasteiger partial charge in [0.25, 0.3) is 0 Å². The van der Waals surface area contributed by atoms with Gasteiger partial charge in [-0.2, -0.15) is 4.98 Å². The van der Waals surface area contributed by atoms with Crippen LogP contribution in [0.5, 0.6) is 0 Å². The Morgan fingerprint density at radius 1 is 1.19 bits per heavy atom. The minimum atomic E-state index is -3.29. The van der Waals surface area contributed by atoms with Crippen molar-refractivity contribution in [2.45, 2.75) is 57.6 Å². The summed E-state index contributed by atoms with van der Waals surface area (Å²) >= 11 is 0. The summed E-state index contributed by atoms with van der Waals surface area (Å²) in [6.07, 6.45) is 8.54. The van der Waals surface area contributed by atoms with Gasteiger partial charge >= 0.3 is 0 Å². The van der Waals surface area contributed by atoms with Crippen LogP contribution in [0.1, 0.15) is 51.5 Å². The van der Waals surface area contributed by atoms with Gasteiger partial charge in [-0.1, -0.05) is 38.1 Å². The van der Waals surface area contributed by atoms with Crippen LogP contribution in [0.3, 0.4) is 0 Å². The summed E-state index contributed by atoms with van der Waals surface area (Å²) in [6.45, 7) is 5.62. The van der Waals surface area contributed by atoms with Crippen LogP contribution in [-0.2, 0) is 16.4 Å². The summed E-state index contributed by atoms with van der Waals surface area (Å²) in [6, 6.07) is 10.4. The third-order valence-electron chi connectivity index (χ3n) is 6.13. The molecule has 7 nitrogen and oxygen atoms in total. The number of anilines is 3. The largest absolute Gasteiger partial charge is 0.328 e. The maximum atomic E-state index is 12.6. The first-order valence-electron chi connectivity index (χ1n) is 11.6. The minimum absolute atomic E-state index is 0.377.